The molecule has 1 aromatic carbocycles. The molecule has 2 nitrogen and oxygen atoms in total. The minimum atomic E-state index is 0.762. The van der Waals surface area contributed by atoms with E-state index in [1.54, 1.807) is 11.9 Å². The first-order valence-electron chi connectivity index (χ1n) is 5.96. The van der Waals surface area contributed by atoms with Gasteiger partial charge in [0.05, 0.1) is 12.0 Å². The van der Waals surface area contributed by atoms with Crippen molar-refractivity contribution in [1.29, 1.82) is 0 Å². The highest BCUT2D eigenvalue weighted by molar-refractivity contribution is 5.29. The summed E-state index contributed by atoms with van der Waals surface area (Å²) in [6.45, 7) is 0. The molecule has 1 N–H and O–H groups in total. The van der Waals surface area contributed by atoms with Crippen LogP contribution in [-0.4, -0.2) is 9.97 Å². The van der Waals surface area contributed by atoms with E-state index in [-0.39, 0.29) is 0 Å². The largest absolute Gasteiger partial charge is 0.351 e. The average molecular weight is 212 g/mol. The van der Waals surface area contributed by atoms with Crippen LogP contribution in [0.1, 0.15) is 23.2 Å². The van der Waals surface area contributed by atoms with Gasteiger partial charge in [-0.25, -0.2) is 4.98 Å². The third-order valence-electron chi connectivity index (χ3n) is 3.50. The zero-order valence-corrected chi connectivity index (χ0v) is 9.32. The van der Waals surface area contributed by atoms with E-state index in [9.17, 15) is 0 Å². The Labute approximate surface area is 95.7 Å². The maximum absolute atomic E-state index is 4.31. The predicted octanol–water partition coefficient (Wildman–Crippen LogP) is 2.76. The van der Waals surface area contributed by atoms with Gasteiger partial charge in [-0.1, -0.05) is 24.3 Å². The second kappa shape index (κ2) is 4.12. The lowest BCUT2D eigenvalue weighted by Gasteiger charge is -2.23. The summed E-state index contributed by atoms with van der Waals surface area (Å²) in [6, 6.07) is 8.83. The summed E-state index contributed by atoms with van der Waals surface area (Å²) < 4.78 is 0. The van der Waals surface area contributed by atoms with Crippen molar-refractivity contribution in [3.8, 4) is 0 Å². The van der Waals surface area contributed by atoms with Crippen molar-refractivity contribution < 1.29 is 0 Å². The lowest BCUT2D eigenvalue weighted by molar-refractivity contribution is 0.452. The van der Waals surface area contributed by atoms with Crippen LogP contribution in [0.15, 0.2) is 36.8 Å². The molecular weight excluding hydrogens is 196 g/mol. The average Bonchev–Trinajstić information content (AvgIpc) is 2.82. The molecule has 1 heterocycles. The molecule has 0 fully saturated rings. The third kappa shape index (κ3) is 1.87. The summed E-state index contributed by atoms with van der Waals surface area (Å²) in [5, 5.41) is 0. The van der Waals surface area contributed by atoms with Crippen LogP contribution in [0.25, 0.3) is 0 Å². The van der Waals surface area contributed by atoms with Gasteiger partial charge in [-0.15, -0.1) is 0 Å². The molecule has 0 bridgehead atoms. The van der Waals surface area contributed by atoms with E-state index >= 15 is 0 Å². The number of nitrogens with one attached hydrogen (secondary N) is 1. The minimum absolute atomic E-state index is 0.762. The van der Waals surface area contributed by atoms with Gasteiger partial charge < -0.3 is 4.98 Å². The van der Waals surface area contributed by atoms with Crippen LogP contribution < -0.4 is 0 Å². The van der Waals surface area contributed by atoms with Gasteiger partial charge in [0.2, 0.25) is 0 Å². The number of H-pyrrole nitrogens is 1. The van der Waals surface area contributed by atoms with E-state index in [4.69, 9.17) is 0 Å². The molecule has 16 heavy (non-hydrogen) atoms. The number of hydrogen-bond donors (Lipinski definition) is 1. The molecule has 82 valence electrons. The highest BCUT2D eigenvalue weighted by Crippen LogP contribution is 2.27. The zero-order valence-electron chi connectivity index (χ0n) is 9.32. The number of fused-ring (bicyclic) bond motifs is 1. The van der Waals surface area contributed by atoms with E-state index in [0.29, 0.717) is 0 Å². The normalized spacial score (nSPS) is 19.4. The summed E-state index contributed by atoms with van der Waals surface area (Å²) >= 11 is 0. The highest BCUT2D eigenvalue weighted by Gasteiger charge is 2.18. The molecule has 1 aliphatic carbocycles. The Morgan fingerprint density at radius 2 is 2.12 bits per heavy atom. The molecule has 1 aromatic heterocycles. The quantitative estimate of drug-likeness (QED) is 0.814. The van der Waals surface area contributed by atoms with Crippen LogP contribution in [0.4, 0.5) is 0 Å². The fraction of sp³-hybridized carbons (Fsp3) is 0.357. The van der Waals surface area contributed by atoms with Crippen molar-refractivity contribution in [3.63, 3.8) is 0 Å². The number of nitrogens with zero attached hydrogens (tertiary/aromatic N) is 1. The molecule has 0 saturated heterocycles. The van der Waals surface area contributed by atoms with Gasteiger partial charge in [0.15, 0.2) is 0 Å². The predicted molar refractivity (Wildman–Crippen MR) is 64.2 cm³/mol. The van der Waals surface area contributed by atoms with Gasteiger partial charge in [-0.3, -0.25) is 0 Å². The number of aromatic nitrogens is 2. The summed E-state index contributed by atoms with van der Waals surface area (Å²) in [6.07, 6.45) is 8.63. The van der Waals surface area contributed by atoms with Crippen LogP contribution >= 0.6 is 0 Å². The lowest BCUT2D eigenvalue weighted by atomic mass is 9.82. The van der Waals surface area contributed by atoms with Gasteiger partial charge in [-0.2, -0.15) is 0 Å². The van der Waals surface area contributed by atoms with Crippen molar-refractivity contribution in [1.82, 2.24) is 9.97 Å². The second-order valence-electron chi connectivity index (χ2n) is 4.64. The Kier molecular flexibility index (Phi) is 2.49. The third-order valence-corrected chi connectivity index (χ3v) is 3.50. The molecule has 1 atom stereocenters. The summed E-state index contributed by atoms with van der Waals surface area (Å²) in [4.78, 5) is 7.34. The molecule has 0 amide bonds. The topological polar surface area (TPSA) is 28.7 Å². The molecular formula is C14H16N2. The Hall–Kier alpha value is -1.57. The van der Waals surface area contributed by atoms with Gasteiger partial charge in [0, 0.05) is 6.20 Å². The molecule has 3 rings (SSSR count). The number of benzene rings is 1. The first-order chi connectivity index (χ1) is 7.92. The van der Waals surface area contributed by atoms with Crippen LogP contribution in [0.3, 0.4) is 0 Å². The molecule has 0 unspecified atom stereocenters. The van der Waals surface area contributed by atoms with Gasteiger partial charge >= 0.3 is 0 Å². The lowest BCUT2D eigenvalue weighted by Crippen LogP contribution is -2.16. The molecule has 0 spiro atoms. The van der Waals surface area contributed by atoms with Crippen molar-refractivity contribution in [2.24, 2.45) is 5.92 Å². The Balaban J connectivity index is 1.73. The van der Waals surface area contributed by atoms with E-state index in [0.717, 1.165) is 12.3 Å². The molecule has 1 aliphatic rings. The van der Waals surface area contributed by atoms with Gasteiger partial charge in [-0.05, 0) is 42.7 Å². The van der Waals surface area contributed by atoms with Gasteiger partial charge in [0.25, 0.3) is 0 Å². The number of hydrogen-bond acceptors (Lipinski definition) is 1. The molecule has 2 heteroatoms. The zero-order chi connectivity index (χ0) is 10.8. The van der Waals surface area contributed by atoms with Gasteiger partial charge in [0.1, 0.15) is 0 Å². The summed E-state index contributed by atoms with van der Waals surface area (Å²) in [7, 11) is 0. The van der Waals surface area contributed by atoms with Crippen molar-refractivity contribution in [2.75, 3.05) is 0 Å². The van der Waals surface area contributed by atoms with Crippen LogP contribution in [0, 0.1) is 5.92 Å². The number of imidazole rings is 1. The number of aryl methyl sites for hydroxylation is 1. The standard InChI is InChI=1S/C14H16N2/c1-2-4-13-7-11(5-6-12(13)3-1)8-14-9-15-10-16-14/h1-4,9-11H,5-8H2,(H,15,16)/t11-/m1/s1. The fourth-order valence-corrected chi connectivity index (χ4v) is 2.65. The van der Waals surface area contributed by atoms with Crippen LogP contribution in [0.2, 0.25) is 0 Å². The van der Waals surface area contributed by atoms with E-state index in [2.05, 4.69) is 34.2 Å². The minimum Gasteiger partial charge on any atom is -0.351 e. The second-order valence-corrected chi connectivity index (χ2v) is 4.64. The highest BCUT2D eigenvalue weighted by atomic mass is 14.9. The van der Waals surface area contributed by atoms with E-state index in [1.165, 1.54) is 30.5 Å². The van der Waals surface area contributed by atoms with E-state index < -0.39 is 0 Å². The Bertz CT molecular complexity index is 459. The molecule has 0 radical (unpaired) electrons. The molecule has 2 aromatic rings. The van der Waals surface area contributed by atoms with Crippen LogP contribution in [-0.2, 0) is 19.3 Å². The van der Waals surface area contributed by atoms with E-state index in [1.807, 2.05) is 6.20 Å². The maximum atomic E-state index is 4.31. The number of rotatable bonds is 2. The first-order valence-corrected chi connectivity index (χ1v) is 5.96. The van der Waals surface area contributed by atoms with Crippen molar-refractivity contribution in [2.45, 2.75) is 25.7 Å². The Morgan fingerprint density at radius 3 is 2.94 bits per heavy atom. The monoisotopic (exact) mass is 212 g/mol. The summed E-state index contributed by atoms with van der Waals surface area (Å²) in [5.41, 5.74) is 4.28. The SMILES string of the molecule is c1ccc2c(c1)CC[C@@H](Cc1c[nH]cn1)C2. The maximum Gasteiger partial charge on any atom is 0.0923 e. The molecule has 0 saturated carbocycles. The van der Waals surface area contributed by atoms with Crippen LogP contribution in [0.5, 0.6) is 0 Å². The van der Waals surface area contributed by atoms with Crippen molar-refractivity contribution in [3.05, 3.63) is 53.6 Å². The first kappa shape index (κ1) is 9.64. The van der Waals surface area contributed by atoms with Crippen molar-refractivity contribution >= 4 is 0 Å². The molecule has 0 aliphatic heterocycles. The number of aromatic amines is 1. The smallest absolute Gasteiger partial charge is 0.0923 e. The Morgan fingerprint density at radius 1 is 1.25 bits per heavy atom. The summed E-state index contributed by atoms with van der Waals surface area (Å²) in [5.74, 6) is 0.762. The fourth-order valence-electron chi connectivity index (χ4n) is 2.65.